The lowest BCUT2D eigenvalue weighted by molar-refractivity contribution is 0.0823. The zero-order valence-corrected chi connectivity index (χ0v) is 21.8. The number of carbonyl (C=O) groups is 3. The largest absolute Gasteiger partial charge is 0.366 e. The maximum Gasteiger partial charge on any atom is 0.253 e. The first-order valence-electron chi connectivity index (χ1n) is 13.2. The number of nitrogens with one attached hydrogen (secondary N) is 2. The number of piperidine rings is 1. The minimum atomic E-state index is -0.486. The van der Waals surface area contributed by atoms with Gasteiger partial charge in [0.05, 0.1) is 11.6 Å². The molecule has 0 aliphatic carbocycles. The lowest BCUT2D eigenvalue weighted by atomic mass is 9.95. The zero-order chi connectivity index (χ0) is 26.3. The second-order valence-corrected chi connectivity index (χ2v) is 10.7. The van der Waals surface area contributed by atoms with Crippen molar-refractivity contribution in [2.45, 2.75) is 70.6 Å². The minimum Gasteiger partial charge on any atom is -0.366 e. The highest BCUT2D eigenvalue weighted by Crippen LogP contribution is 2.38. The van der Waals surface area contributed by atoms with E-state index < -0.39 is 5.91 Å². The molecule has 9 nitrogen and oxygen atoms in total. The fourth-order valence-electron chi connectivity index (χ4n) is 6.12. The summed E-state index contributed by atoms with van der Waals surface area (Å²) in [7, 11) is 0. The Morgan fingerprint density at radius 3 is 2.16 bits per heavy atom. The van der Waals surface area contributed by atoms with Gasteiger partial charge in [-0.05, 0) is 81.5 Å². The molecule has 1 aromatic carbocycles. The third-order valence-electron chi connectivity index (χ3n) is 8.16. The first-order valence-corrected chi connectivity index (χ1v) is 13.2. The van der Waals surface area contributed by atoms with Crippen molar-refractivity contribution in [3.8, 4) is 0 Å². The van der Waals surface area contributed by atoms with Gasteiger partial charge in [-0.2, -0.15) is 0 Å². The highest BCUT2D eigenvalue weighted by atomic mass is 16.2. The molecule has 4 heterocycles. The lowest BCUT2D eigenvalue weighted by Gasteiger charge is -2.40. The van der Waals surface area contributed by atoms with Crippen LogP contribution in [0.1, 0.15) is 74.8 Å². The molecule has 1 unspecified atom stereocenters. The highest BCUT2D eigenvalue weighted by Gasteiger charge is 2.42. The Bertz CT molecular complexity index is 1190. The van der Waals surface area contributed by atoms with Crippen LogP contribution in [0, 0.1) is 13.8 Å². The minimum absolute atomic E-state index is 0.0708. The Morgan fingerprint density at radius 2 is 1.57 bits per heavy atom. The molecule has 0 saturated carbocycles. The molecule has 4 N–H and O–H groups in total. The summed E-state index contributed by atoms with van der Waals surface area (Å²) in [6.07, 6.45) is 5.48. The molecular weight excluding hydrogens is 468 g/mol. The van der Waals surface area contributed by atoms with Crippen molar-refractivity contribution in [2.24, 2.45) is 5.73 Å². The number of aryl methyl sites for hydroxylation is 2. The molecule has 3 amide bonds. The molecule has 5 rings (SSSR count). The maximum atomic E-state index is 13.1. The summed E-state index contributed by atoms with van der Waals surface area (Å²) >= 11 is 0. The van der Waals surface area contributed by atoms with Crippen molar-refractivity contribution >= 4 is 23.5 Å². The van der Waals surface area contributed by atoms with E-state index in [1.54, 1.807) is 25.3 Å². The number of nitrogens with zero attached hydrogens (tertiary/aromatic N) is 3. The number of primary amides is 1. The van der Waals surface area contributed by atoms with Gasteiger partial charge < -0.3 is 21.3 Å². The molecule has 0 spiro atoms. The van der Waals surface area contributed by atoms with E-state index in [2.05, 4.69) is 32.3 Å². The van der Waals surface area contributed by atoms with Crippen molar-refractivity contribution in [1.82, 2.24) is 20.5 Å². The van der Waals surface area contributed by atoms with Crippen LogP contribution in [-0.4, -0.2) is 71.4 Å². The summed E-state index contributed by atoms with van der Waals surface area (Å²) in [5.41, 5.74) is 8.51. The molecule has 3 saturated heterocycles. The van der Waals surface area contributed by atoms with E-state index in [4.69, 9.17) is 5.73 Å². The molecule has 3 atom stereocenters. The quantitative estimate of drug-likeness (QED) is 0.532. The monoisotopic (exact) mass is 504 g/mol. The summed E-state index contributed by atoms with van der Waals surface area (Å²) in [4.78, 5) is 46.6. The molecule has 3 aliphatic rings. The average molecular weight is 505 g/mol. The summed E-state index contributed by atoms with van der Waals surface area (Å²) < 4.78 is 0. The van der Waals surface area contributed by atoms with E-state index in [0.717, 1.165) is 56.7 Å². The zero-order valence-electron chi connectivity index (χ0n) is 21.8. The van der Waals surface area contributed by atoms with Crippen LogP contribution in [0.15, 0.2) is 30.5 Å². The van der Waals surface area contributed by atoms with Crippen molar-refractivity contribution in [3.05, 3.63) is 58.3 Å². The van der Waals surface area contributed by atoms with Gasteiger partial charge in [0, 0.05) is 48.5 Å². The molecule has 9 heteroatoms. The molecule has 196 valence electrons. The van der Waals surface area contributed by atoms with E-state index in [1.807, 2.05) is 19.1 Å². The second kappa shape index (κ2) is 10.1. The number of likely N-dealkylation sites (tertiary alicyclic amines) is 1. The highest BCUT2D eigenvalue weighted by molar-refractivity contribution is 5.99. The Kier molecular flexibility index (Phi) is 6.90. The smallest absolute Gasteiger partial charge is 0.253 e. The number of likely N-dealkylation sites (N-methyl/N-ethyl adjacent to an activating group) is 1. The average Bonchev–Trinajstić information content (AvgIpc) is 3.12. The molecule has 37 heavy (non-hydrogen) atoms. The van der Waals surface area contributed by atoms with Crippen molar-refractivity contribution in [1.29, 1.82) is 0 Å². The molecule has 3 fully saturated rings. The van der Waals surface area contributed by atoms with Gasteiger partial charge >= 0.3 is 0 Å². The van der Waals surface area contributed by atoms with E-state index in [-0.39, 0.29) is 23.9 Å². The predicted molar refractivity (Wildman–Crippen MR) is 142 cm³/mol. The van der Waals surface area contributed by atoms with Crippen molar-refractivity contribution < 1.29 is 14.4 Å². The fraction of sp³-hybridized carbons (Fsp3) is 0.500. The standard InChI is InChI=1S/C28H36N6O3/c1-4-33-14-20(15-33)32-27(36)18-5-8-25(30-13-18)34-21-6-7-22(34)12-19(11-21)31-28(37)24-10-16(2)23(26(29)35)9-17(24)3/h5,8-10,13,19-22H,4,6-7,11-12,14-15H2,1-3H3,(H2,29,35)(H,31,37)(H,32,36)/t19?,21-,22+. The number of amides is 3. The van der Waals surface area contributed by atoms with Gasteiger partial charge in [-0.15, -0.1) is 0 Å². The Balaban J connectivity index is 1.20. The van der Waals surface area contributed by atoms with Crippen LogP contribution in [-0.2, 0) is 0 Å². The third-order valence-corrected chi connectivity index (χ3v) is 8.16. The fourth-order valence-corrected chi connectivity index (χ4v) is 6.12. The number of nitrogens with two attached hydrogens (primary N) is 1. The molecule has 2 aromatic rings. The van der Waals surface area contributed by atoms with Crippen LogP contribution >= 0.6 is 0 Å². The molecule has 2 bridgehead atoms. The van der Waals surface area contributed by atoms with E-state index in [9.17, 15) is 14.4 Å². The number of anilines is 1. The second-order valence-electron chi connectivity index (χ2n) is 10.7. The number of fused-ring (bicyclic) bond motifs is 2. The van der Waals surface area contributed by atoms with Gasteiger partial charge in [0.2, 0.25) is 5.91 Å². The normalized spacial score (nSPS) is 23.4. The maximum absolute atomic E-state index is 13.1. The van der Waals surface area contributed by atoms with E-state index >= 15 is 0 Å². The lowest BCUT2D eigenvalue weighted by Crippen LogP contribution is -2.58. The summed E-state index contributed by atoms with van der Waals surface area (Å²) in [5, 5.41) is 6.31. The van der Waals surface area contributed by atoms with Crippen LogP contribution < -0.4 is 21.3 Å². The first kappa shape index (κ1) is 25.2. The van der Waals surface area contributed by atoms with Gasteiger partial charge in [0.25, 0.3) is 11.8 Å². The van der Waals surface area contributed by atoms with Gasteiger partial charge in [-0.3, -0.25) is 19.3 Å². The molecule has 1 aromatic heterocycles. The number of aromatic nitrogens is 1. The number of hydrogen-bond acceptors (Lipinski definition) is 6. The van der Waals surface area contributed by atoms with Crippen LogP contribution in [0.2, 0.25) is 0 Å². The summed E-state index contributed by atoms with van der Waals surface area (Å²) in [5.74, 6) is 0.221. The Hall–Kier alpha value is -3.46. The summed E-state index contributed by atoms with van der Waals surface area (Å²) in [6, 6.07) is 8.14. The molecule has 3 aliphatic heterocycles. The van der Waals surface area contributed by atoms with E-state index in [0.29, 0.717) is 34.3 Å². The van der Waals surface area contributed by atoms with Crippen LogP contribution in [0.4, 0.5) is 5.82 Å². The van der Waals surface area contributed by atoms with Crippen molar-refractivity contribution in [3.63, 3.8) is 0 Å². The van der Waals surface area contributed by atoms with Crippen LogP contribution in [0.3, 0.4) is 0 Å². The van der Waals surface area contributed by atoms with Gasteiger partial charge in [0.15, 0.2) is 0 Å². The number of rotatable bonds is 7. The number of benzene rings is 1. The summed E-state index contributed by atoms with van der Waals surface area (Å²) in [6.45, 7) is 8.56. The van der Waals surface area contributed by atoms with Gasteiger partial charge in [-0.1, -0.05) is 6.92 Å². The van der Waals surface area contributed by atoms with E-state index in [1.165, 1.54) is 0 Å². The Morgan fingerprint density at radius 1 is 0.946 bits per heavy atom. The number of hydrogen-bond donors (Lipinski definition) is 3. The number of carbonyl (C=O) groups excluding carboxylic acids is 3. The van der Waals surface area contributed by atoms with Gasteiger partial charge in [0.1, 0.15) is 5.82 Å². The Labute approximate surface area is 217 Å². The molecular formula is C28H36N6O3. The SMILES string of the molecule is CCN1CC(NC(=O)c2ccc(N3[C@@H]4CC[C@H]3CC(NC(=O)c3cc(C)c(C(N)=O)cc3C)C4)nc2)C1. The molecule has 0 radical (unpaired) electrons. The van der Waals surface area contributed by atoms with Crippen molar-refractivity contribution in [2.75, 3.05) is 24.5 Å². The number of pyridine rings is 1. The van der Waals surface area contributed by atoms with Gasteiger partial charge in [-0.25, -0.2) is 4.98 Å². The first-order chi connectivity index (χ1) is 17.7. The van der Waals surface area contributed by atoms with Crippen LogP contribution in [0.5, 0.6) is 0 Å². The topological polar surface area (TPSA) is 121 Å². The predicted octanol–water partition coefficient (Wildman–Crippen LogP) is 2.16. The third kappa shape index (κ3) is 5.05. The van der Waals surface area contributed by atoms with Crippen LogP contribution in [0.25, 0.3) is 0 Å².